The third-order valence-electron chi connectivity index (χ3n) is 4.14. The third kappa shape index (κ3) is 5.17. The molecular formula is C20H25O5Si. The Balaban J connectivity index is 2.16. The molecule has 0 saturated heterocycles. The summed E-state index contributed by atoms with van der Waals surface area (Å²) in [5.74, 6) is 0.645. The van der Waals surface area contributed by atoms with Crippen LogP contribution in [0.1, 0.15) is 27.9 Å². The van der Waals surface area contributed by atoms with E-state index in [4.69, 9.17) is 18.3 Å². The van der Waals surface area contributed by atoms with E-state index in [1.54, 1.807) is 51.7 Å². The zero-order valence-electron chi connectivity index (χ0n) is 15.7. The SMILES string of the molecule is COc1c(OC(=O)c2ccccc2)ccc(C)c1CCC[Si](OC)OC. The Hall–Kier alpha value is -2.15. The van der Waals surface area contributed by atoms with Crippen molar-refractivity contribution in [3.63, 3.8) is 0 Å². The Morgan fingerprint density at radius 3 is 2.31 bits per heavy atom. The van der Waals surface area contributed by atoms with E-state index < -0.39 is 15.3 Å². The summed E-state index contributed by atoms with van der Waals surface area (Å²) < 4.78 is 21.8. The normalized spacial score (nSPS) is 10.8. The molecule has 0 atom stereocenters. The van der Waals surface area contributed by atoms with Crippen LogP contribution in [0.3, 0.4) is 0 Å². The highest BCUT2D eigenvalue weighted by Gasteiger charge is 2.18. The van der Waals surface area contributed by atoms with E-state index in [9.17, 15) is 4.79 Å². The maximum absolute atomic E-state index is 12.4. The van der Waals surface area contributed by atoms with Gasteiger partial charge in [-0.2, -0.15) is 0 Å². The Labute approximate surface area is 156 Å². The maximum Gasteiger partial charge on any atom is 0.384 e. The van der Waals surface area contributed by atoms with E-state index in [-0.39, 0.29) is 0 Å². The van der Waals surface area contributed by atoms with Gasteiger partial charge in [0.05, 0.1) is 12.7 Å². The molecule has 0 fully saturated rings. The van der Waals surface area contributed by atoms with Gasteiger partial charge in [-0.3, -0.25) is 0 Å². The molecule has 1 radical (unpaired) electrons. The summed E-state index contributed by atoms with van der Waals surface area (Å²) in [6, 6.07) is 13.5. The highest BCUT2D eigenvalue weighted by Crippen LogP contribution is 2.35. The van der Waals surface area contributed by atoms with Crippen molar-refractivity contribution in [3.8, 4) is 11.5 Å². The summed E-state index contributed by atoms with van der Waals surface area (Å²) in [5.41, 5.74) is 2.65. The van der Waals surface area contributed by atoms with Crippen molar-refractivity contribution in [2.24, 2.45) is 0 Å². The minimum absolute atomic E-state index is 0.400. The van der Waals surface area contributed by atoms with Gasteiger partial charge in [0.1, 0.15) is 0 Å². The van der Waals surface area contributed by atoms with E-state index in [0.717, 1.165) is 30.0 Å². The van der Waals surface area contributed by atoms with Gasteiger partial charge in [-0.1, -0.05) is 24.3 Å². The van der Waals surface area contributed by atoms with Crippen LogP contribution in [0, 0.1) is 6.92 Å². The second-order valence-electron chi connectivity index (χ2n) is 5.78. The maximum atomic E-state index is 12.4. The molecule has 0 spiro atoms. The molecule has 26 heavy (non-hydrogen) atoms. The number of methoxy groups -OCH3 is 1. The molecule has 5 nitrogen and oxygen atoms in total. The molecule has 139 valence electrons. The first-order valence-corrected chi connectivity index (χ1v) is 10.0. The van der Waals surface area contributed by atoms with Gasteiger partial charge in [-0.05, 0) is 49.6 Å². The lowest BCUT2D eigenvalue weighted by Crippen LogP contribution is -2.18. The second kappa shape index (κ2) is 10.1. The molecule has 2 aromatic carbocycles. The van der Waals surface area contributed by atoms with Crippen LogP contribution >= 0.6 is 0 Å². The number of hydrogen-bond donors (Lipinski definition) is 0. The van der Waals surface area contributed by atoms with Gasteiger partial charge in [-0.15, -0.1) is 0 Å². The quantitative estimate of drug-likeness (QED) is 0.379. The molecule has 0 amide bonds. The summed E-state index contributed by atoms with van der Waals surface area (Å²) in [6.07, 6.45) is 1.70. The molecule has 2 aromatic rings. The summed E-state index contributed by atoms with van der Waals surface area (Å²) >= 11 is 0. The Kier molecular flexibility index (Phi) is 7.84. The number of aryl methyl sites for hydroxylation is 1. The molecule has 0 aliphatic heterocycles. The lowest BCUT2D eigenvalue weighted by atomic mass is 10.0. The molecule has 0 heterocycles. The van der Waals surface area contributed by atoms with E-state index >= 15 is 0 Å². The summed E-state index contributed by atoms with van der Waals surface area (Å²) in [7, 11) is 3.73. The minimum Gasteiger partial charge on any atom is -0.493 e. The van der Waals surface area contributed by atoms with Crippen LogP contribution < -0.4 is 9.47 Å². The molecule has 0 N–H and O–H groups in total. The van der Waals surface area contributed by atoms with Gasteiger partial charge in [0.2, 0.25) is 0 Å². The minimum atomic E-state index is -1.22. The zero-order valence-corrected chi connectivity index (χ0v) is 16.7. The Bertz CT molecular complexity index is 714. The number of carbonyl (C=O) groups is 1. The smallest absolute Gasteiger partial charge is 0.384 e. The van der Waals surface area contributed by atoms with Crippen LogP contribution in [0.4, 0.5) is 0 Å². The molecule has 0 bridgehead atoms. The van der Waals surface area contributed by atoms with E-state index in [1.165, 1.54) is 0 Å². The van der Waals surface area contributed by atoms with Crippen molar-refractivity contribution in [2.75, 3.05) is 21.3 Å². The third-order valence-corrected chi connectivity index (χ3v) is 5.81. The van der Waals surface area contributed by atoms with Gasteiger partial charge in [-0.25, -0.2) is 4.79 Å². The van der Waals surface area contributed by atoms with Crippen molar-refractivity contribution in [2.45, 2.75) is 25.8 Å². The van der Waals surface area contributed by atoms with Crippen molar-refractivity contribution in [1.29, 1.82) is 0 Å². The standard InChI is InChI=1S/C20H25O5Si/c1-15-12-13-18(25-20(21)16-9-6-5-7-10-16)19(22-2)17(15)11-8-14-26(23-3)24-4/h5-7,9-10,12-13H,8,11,14H2,1-4H3. The van der Waals surface area contributed by atoms with Crippen LogP contribution in [0.15, 0.2) is 42.5 Å². The highest BCUT2D eigenvalue weighted by molar-refractivity contribution is 6.44. The second-order valence-corrected chi connectivity index (χ2v) is 7.84. The van der Waals surface area contributed by atoms with Crippen molar-refractivity contribution in [1.82, 2.24) is 0 Å². The fourth-order valence-corrected chi connectivity index (χ4v) is 3.79. The van der Waals surface area contributed by atoms with Crippen molar-refractivity contribution < 1.29 is 23.1 Å². The van der Waals surface area contributed by atoms with Gasteiger partial charge in [0, 0.05) is 19.8 Å². The Morgan fingerprint density at radius 1 is 1.00 bits per heavy atom. The summed E-state index contributed by atoms with van der Waals surface area (Å²) in [6.45, 7) is 2.03. The average Bonchev–Trinajstić information content (AvgIpc) is 2.68. The van der Waals surface area contributed by atoms with Gasteiger partial charge in [0.15, 0.2) is 11.5 Å². The molecule has 0 aliphatic rings. The lowest BCUT2D eigenvalue weighted by Gasteiger charge is -2.16. The molecule has 0 aliphatic carbocycles. The van der Waals surface area contributed by atoms with Crippen LogP contribution in [0.25, 0.3) is 0 Å². The van der Waals surface area contributed by atoms with Gasteiger partial charge < -0.3 is 18.3 Å². The van der Waals surface area contributed by atoms with E-state index in [2.05, 4.69) is 0 Å². The first kappa shape index (κ1) is 20.2. The molecular weight excluding hydrogens is 348 g/mol. The summed E-state index contributed by atoms with van der Waals surface area (Å²) in [5, 5.41) is 0. The summed E-state index contributed by atoms with van der Waals surface area (Å²) in [4.78, 5) is 12.4. The molecule has 2 rings (SSSR count). The molecule has 6 heteroatoms. The zero-order chi connectivity index (χ0) is 18.9. The number of rotatable bonds is 9. The van der Waals surface area contributed by atoms with Crippen molar-refractivity contribution >= 4 is 15.3 Å². The number of esters is 1. The number of carbonyl (C=O) groups excluding carboxylic acids is 1. The van der Waals surface area contributed by atoms with E-state index in [1.807, 2.05) is 19.1 Å². The van der Waals surface area contributed by atoms with E-state index in [0.29, 0.717) is 17.1 Å². The number of benzene rings is 2. The van der Waals surface area contributed by atoms with Crippen LogP contribution in [0.5, 0.6) is 11.5 Å². The van der Waals surface area contributed by atoms with Gasteiger partial charge in [0.25, 0.3) is 0 Å². The monoisotopic (exact) mass is 373 g/mol. The van der Waals surface area contributed by atoms with Crippen LogP contribution in [0.2, 0.25) is 6.04 Å². The fraction of sp³-hybridized carbons (Fsp3) is 0.350. The average molecular weight is 374 g/mol. The predicted octanol–water partition coefficient (Wildman–Crippen LogP) is 3.94. The fourth-order valence-electron chi connectivity index (χ4n) is 2.75. The highest BCUT2D eigenvalue weighted by atomic mass is 28.3. The van der Waals surface area contributed by atoms with Crippen LogP contribution in [-0.2, 0) is 15.3 Å². The van der Waals surface area contributed by atoms with Crippen molar-refractivity contribution in [3.05, 3.63) is 59.2 Å². The molecule has 0 saturated carbocycles. The van der Waals surface area contributed by atoms with Gasteiger partial charge >= 0.3 is 15.3 Å². The predicted molar refractivity (Wildman–Crippen MR) is 102 cm³/mol. The number of hydrogen-bond acceptors (Lipinski definition) is 5. The topological polar surface area (TPSA) is 54.0 Å². The largest absolute Gasteiger partial charge is 0.493 e. The first-order valence-electron chi connectivity index (χ1n) is 8.48. The number of ether oxygens (including phenoxy) is 2. The lowest BCUT2D eigenvalue weighted by molar-refractivity contribution is 0.0729. The van der Waals surface area contributed by atoms with Crippen LogP contribution in [-0.4, -0.2) is 36.6 Å². The Morgan fingerprint density at radius 2 is 1.69 bits per heavy atom. The molecule has 0 aromatic heterocycles. The first-order chi connectivity index (χ1) is 12.6. The molecule has 0 unspecified atom stereocenters.